The van der Waals surface area contributed by atoms with E-state index in [1.807, 2.05) is 19.9 Å². The molecule has 13 heavy (non-hydrogen) atoms. The zero-order valence-corrected chi connectivity index (χ0v) is 7.70. The van der Waals surface area contributed by atoms with Crippen LogP contribution in [0.2, 0.25) is 0 Å². The average molecular weight is 176 g/mol. The smallest absolute Gasteiger partial charge is 0.119 e. The Bertz CT molecular complexity index is 343. The van der Waals surface area contributed by atoms with E-state index in [1.165, 1.54) is 0 Å². The van der Waals surface area contributed by atoms with Crippen LogP contribution in [0.25, 0.3) is 0 Å². The number of phenolic OH excluding ortho intramolecular Hbond substituents is 1. The average Bonchev–Trinajstić information content (AvgIpc) is 2.02. The van der Waals surface area contributed by atoms with Gasteiger partial charge < -0.3 is 10.8 Å². The molecule has 1 aromatic carbocycles. The van der Waals surface area contributed by atoms with E-state index in [9.17, 15) is 5.11 Å². The number of rotatable bonds is 1. The van der Waals surface area contributed by atoms with Gasteiger partial charge in [0.2, 0.25) is 0 Å². The van der Waals surface area contributed by atoms with Gasteiger partial charge in [0.1, 0.15) is 11.8 Å². The van der Waals surface area contributed by atoms with Crippen molar-refractivity contribution < 1.29 is 5.11 Å². The van der Waals surface area contributed by atoms with Crippen molar-refractivity contribution in [2.45, 2.75) is 19.9 Å². The topological polar surface area (TPSA) is 70.0 Å². The van der Waals surface area contributed by atoms with Crippen molar-refractivity contribution >= 4 is 0 Å². The Labute approximate surface area is 77.4 Å². The minimum absolute atomic E-state index is 0.212. The van der Waals surface area contributed by atoms with Crippen LogP contribution in [0.4, 0.5) is 0 Å². The van der Waals surface area contributed by atoms with Crippen LogP contribution in [0.1, 0.15) is 22.7 Å². The molecule has 0 aliphatic carbocycles. The predicted octanol–water partition coefficient (Wildman–Crippen LogP) is 1.53. The zero-order valence-electron chi connectivity index (χ0n) is 7.70. The van der Waals surface area contributed by atoms with Gasteiger partial charge in [0.05, 0.1) is 6.07 Å². The molecule has 1 unspecified atom stereocenters. The van der Waals surface area contributed by atoms with Crippen LogP contribution < -0.4 is 5.73 Å². The normalized spacial score (nSPS) is 12.2. The monoisotopic (exact) mass is 176 g/mol. The number of aryl methyl sites for hydroxylation is 2. The molecule has 68 valence electrons. The number of aromatic hydroxyl groups is 1. The second-order valence-electron chi connectivity index (χ2n) is 3.10. The van der Waals surface area contributed by atoms with Crippen molar-refractivity contribution in [1.82, 2.24) is 0 Å². The first-order chi connectivity index (χ1) is 6.06. The molecule has 3 N–H and O–H groups in total. The number of nitrogens with two attached hydrogens (primary N) is 1. The summed E-state index contributed by atoms with van der Waals surface area (Å²) in [6.45, 7) is 3.67. The third-order valence-electron chi connectivity index (χ3n) is 2.03. The number of hydrogen-bond donors (Lipinski definition) is 2. The molecular formula is C10H12N2O. The number of phenols is 1. The maximum atomic E-state index is 9.25. The van der Waals surface area contributed by atoms with Crippen molar-refractivity contribution in [3.05, 3.63) is 28.8 Å². The van der Waals surface area contributed by atoms with Gasteiger partial charge >= 0.3 is 0 Å². The molecule has 0 saturated carbocycles. The Kier molecular flexibility index (Phi) is 2.54. The second-order valence-corrected chi connectivity index (χ2v) is 3.10. The lowest BCUT2D eigenvalue weighted by molar-refractivity contribution is 0.474. The van der Waals surface area contributed by atoms with E-state index in [2.05, 4.69) is 0 Å². The Balaban J connectivity index is 3.30. The quantitative estimate of drug-likeness (QED) is 0.681. The lowest BCUT2D eigenvalue weighted by Gasteiger charge is -2.11. The molecule has 0 bridgehead atoms. The molecular weight excluding hydrogens is 164 g/mol. The van der Waals surface area contributed by atoms with Gasteiger partial charge in [0, 0.05) is 0 Å². The standard InChI is InChI=1S/C10H12N2O/c1-6-3-8(13)4-7(2)10(6)9(12)5-11/h3-4,9,13H,12H2,1-2H3. The summed E-state index contributed by atoms with van der Waals surface area (Å²) in [4.78, 5) is 0. The summed E-state index contributed by atoms with van der Waals surface area (Å²) in [5.74, 6) is 0.212. The number of nitriles is 1. The predicted molar refractivity (Wildman–Crippen MR) is 50.1 cm³/mol. The highest BCUT2D eigenvalue weighted by Gasteiger charge is 2.11. The van der Waals surface area contributed by atoms with Crippen molar-refractivity contribution in [3.63, 3.8) is 0 Å². The maximum Gasteiger partial charge on any atom is 0.119 e. The molecule has 0 spiro atoms. The van der Waals surface area contributed by atoms with Crippen molar-refractivity contribution in [1.29, 1.82) is 5.26 Å². The Morgan fingerprint density at radius 1 is 1.38 bits per heavy atom. The fraction of sp³-hybridized carbons (Fsp3) is 0.300. The van der Waals surface area contributed by atoms with E-state index in [0.29, 0.717) is 0 Å². The highest BCUT2D eigenvalue weighted by Crippen LogP contribution is 2.24. The van der Waals surface area contributed by atoms with E-state index in [4.69, 9.17) is 11.0 Å². The first-order valence-electron chi connectivity index (χ1n) is 4.01. The summed E-state index contributed by atoms with van der Waals surface area (Å²) >= 11 is 0. The highest BCUT2D eigenvalue weighted by molar-refractivity contribution is 5.43. The van der Waals surface area contributed by atoms with Crippen LogP contribution in [0.15, 0.2) is 12.1 Å². The van der Waals surface area contributed by atoms with Crippen LogP contribution >= 0.6 is 0 Å². The molecule has 0 aliphatic heterocycles. The van der Waals surface area contributed by atoms with Crippen LogP contribution in [0.3, 0.4) is 0 Å². The number of hydrogen-bond acceptors (Lipinski definition) is 3. The highest BCUT2D eigenvalue weighted by atomic mass is 16.3. The van der Waals surface area contributed by atoms with E-state index < -0.39 is 6.04 Å². The molecule has 3 nitrogen and oxygen atoms in total. The molecule has 1 aromatic rings. The molecule has 0 fully saturated rings. The summed E-state index contributed by atoms with van der Waals surface area (Å²) in [7, 11) is 0. The van der Waals surface area contributed by atoms with Crippen LogP contribution in [-0.4, -0.2) is 5.11 Å². The summed E-state index contributed by atoms with van der Waals surface area (Å²) in [6, 6.07) is 4.59. The fourth-order valence-corrected chi connectivity index (χ4v) is 1.51. The summed E-state index contributed by atoms with van der Waals surface area (Å²) in [5, 5.41) is 17.9. The van der Waals surface area contributed by atoms with Gasteiger partial charge in [-0.2, -0.15) is 5.26 Å². The Morgan fingerprint density at radius 3 is 2.23 bits per heavy atom. The molecule has 1 rings (SSSR count). The first-order valence-corrected chi connectivity index (χ1v) is 4.01. The van der Waals surface area contributed by atoms with Gasteiger partial charge in [-0.15, -0.1) is 0 Å². The second kappa shape index (κ2) is 3.46. The first kappa shape index (κ1) is 9.56. The van der Waals surface area contributed by atoms with E-state index in [1.54, 1.807) is 12.1 Å². The van der Waals surface area contributed by atoms with Gasteiger partial charge in [-0.05, 0) is 42.7 Å². The van der Waals surface area contributed by atoms with Gasteiger partial charge in [-0.3, -0.25) is 0 Å². The van der Waals surface area contributed by atoms with E-state index >= 15 is 0 Å². The Hall–Kier alpha value is -1.53. The SMILES string of the molecule is Cc1cc(O)cc(C)c1C(N)C#N. The molecule has 0 heterocycles. The van der Waals surface area contributed by atoms with Crippen LogP contribution in [0, 0.1) is 25.2 Å². The summed E-state index contributed by atoms with van der Waals surface area (Å²) in [5.41, 5.74) is 8.12. The minimum atomic E-state index is -0.611. The van der Waals surface area contributed by atoms with Gasteiger partial charge in [-0.25, -0.2) is 0 Å². The maximum absolute atomic E-state index is 9.25. The van der Waals surface area contributed by atoms with Crippen LogP contribution in [0.5, 0.6) is 5.75 Å². The third-order valence-corrected chi connectivity index (χ3v) is 2.03. The van der Waals surface area contributed by atoms with Crippen molar-refractivity contribution in [2.24, 2.45) is 5.73 Å². The minimum Gasteiger partial charge on any atom is -0.508 e. The number of benzene rings is 1. The molecule has 0 aliphatic rings. The van der Waals surface area contributed by atoms with Gasteiger partial charge in [0.15, 0.2) is 0 Å². The molecule has 0 radical (unpaired) electrons. The van der Waals surface area contributed by atoms with E-state index in [-0.39, 0.29) is 5.75 Å². The lowest BCUT2D eigenvalue weighted by Crippen LogP contribution is -2.10. The third kappa shape index (κ3) is 1.79. The van der Waals surface area contributed by atoms with E-state index in [0.717, 1.165) is 16.7 Å². The molecule has 1 atom stereocenters. The Morgan fingerprint density at radius 2 is 1.85 bits per heavy atom. The summed E-state index contributed by atoms with van der Waals surface area (Å²) in [6.07, 6.45) is 0. The molecule has 0 saturated heterocycles. The van der Waals surface area contributed by atoms with Gasteiger partial charge in [0.25, 0.3) is 0 Å². The molecule has 0 amide bonds. The van der Waals surface area contributed by atoms with Crippen molar-refractivity contribution in [3.8, 4) is 11.8 Å². The van der Waals surface area contributed by atoms with Crippen LogP contribution in [-0.2, 0) is 0 Å². The van der Waals surface area contributed by atoms with Gasteiger partial charge in [-0.1, -0.05) is 0 Å². The molecule has 0 aromatic heterocycles. The largest absolute Gasteiger partial charge is 0.508 e. The number of nitrogens with zero attached hydrogens (tertiary/aromatic N) is 1. The lowest BCUT2D eigenvalue weighted by atomic mass is 9.97. The van der Waals surface area contributed by atoms with Crippen molar-refractivity contribution in [2.75, 3.05) is 0 Å². The summed E-state index contributed by atoms with van der Waals surface area (Å²) < 4.78 is 0. The molecule has 3 heteroatoms. The zero-order chi connectivity index (χ0) is 10.0. The fourth-order valence-electron chi connectivity index (χ4n) is 1.51.